The third-order valence-electron chi connectivity index (χ3n) is 5.09. The van der Waals surface area contributed by atoms with Gasteiger partial charge in [0.2, 0.25) is 5.91 Å². The summed E-state index contributed by atoms with van der Waals surface area (Å²) in [6.07, 6.45) is 5.33. The molecule has 0 bridgehead atoms. The van der Waals surface area contributed by atoms with Crippen molar-refractivity contribution < 1.29 is 4.79 Å². The lowest BCUT2D eigenvalue weighted by molar-refractivity contribution is -0.134. The summed E-state index contributed by atoms with van der Waals surface area (Å²) in [5.41, 5.74) is 0. The van der Waals surface area contributed by atoms with Crippen molar-refractivity contribution in [1.29, 1.82) is 0 Å². The summed E-state index contributed by atoms with van der Waals surface area (Å²) in [7, 11) is 2.01. The van der Waals surface area contributed by atoms with E-state index in [9.17, 15) is 4.79 Å². The molecule has 2 aliphatic rings. The van der Waals surface area contributed by atoms with E-state index in [1.54, 1.807) is 0 Å². The molecule has 0 saturated carbocycles. The van der Waals surface area contributed by atoms with Gasteiger partial charge in [-0.3, -0.25) is 4.79 Å². The van der Waals surface area contributed by atoms with Crippen LogP contribution in [0.1, 0.15) is 46.0 Å². The molecular formula is C16H31N3O. The molecule has 0 spiro atoms. The quantitative estimate of drug-likeness (QED) is 0.852. The summed E-state index contributed by atoms with van der Waals surface area (Å²) in [4.78, 5) is 17.0. The van der Waals surface area contributed by atoms with Crippen molar-refractivity contribution >= 4 is 5.91 Å². The van der Waals surface area contributed by atoms with Crippen molar-refractivity contribution in [2.75, 3.05) is 33.2 Å². The molecule has 2 aliphatic heterocycles. The highest BCUT2D eigenvalue weighted by Crippen LogP contribution is 2.21. The molecule has 20 heavy (non-hydrogen) atoms. The number of amides is 1. The first-order valence-corrected chi connectivity index (χ1v) is 8.28. The summed E-state index contributed by atoms with van der Waals surface area (Å²) in [5, 5.41) is 3.37. The molecule has 2 fully saturated rings. The van der Waals surface area contributed by atoms with E-state index in [2.05, 4.69) is 24.1 Å². The summed E-state index contributed by atoms with van der Waals surface area (Å²) >= 11 is 0. The minimum absolute atomic E-state index is 0.361. The number of likely N-dealkylation sites (tertiary alicyclic amines) is 1. The molecule has 2 saturated heterocycles. The van der Waals surface area contributed by atoms with E-state index in [1.165, 1.54) is 0 Å². The normalized spacial score (nSPS) is 23.2. The second kappa shape index (κ2) is 7.41. The van der Waals surface area contributed by atoms with Gasteiger partial charge in [0, 0.05) is 38.6 Å². The number of piperidine rings is 2. The monoisotopic (exact) mass is 281 g/mol. The summed E-state index contributed by atoms with van der Waals surface area (Å²) in [6, 6.07) is 1.09. The van der Waals surface area contributed by atoms with E-state index in [0.29, 0.717) is 23.9 Å². The number of rotatable bonds is 4. The van der Waals surface area contributed by atoms with Crippen LogP contribution in [-0.2, 0) is 4.79 Å². The topological polar surface area (TPSA) is 35.6 Å². The van der Waals surface area contributed by atoms with Gasteiger partial charge in [-0.2, -0.15) is 0 Å². The van der Waals surface area contributed by atoms with Gasteiger partial charge in [0.15, 0.2) is 0 Å². The molecule has 0 aromatic rings. The van der Waals surface area contributed by atoms with E-state index < -0.39 is 0 Å². The molecular weight excluding hydrogens is 250 g/mol. The molecule has 1 amide bonds. The lowest BCUT2D eigenvalue weighted by Crippen LogP contribution is -2.47. The van der Waals surface area contributed by atoms with E-state index in [0.717, 1.165) is 58.3 Å². The van der Waals surface area contributed by atoms with Crippen molar-refractivity contribution in [2.24, 2.45) is 5.92 Å². The predicted octanol–water partition coefficient (Wildman–Crippen LogP) is 1.71. The summed E-state index contributed by atoms with van der Waals surface area (Å²) in [5.74, 6) is 0.960. The standard InChI is InChI=1S/C16H31N3O/c1-13(2)19-10-6-15(7-11-19)18(3)16(20)12-14-4-8-17-9-5-14/h13-15,17H,4-12H2,1-3H3. The first-order chi connectivity index (χ1) is 9.58. The van der Waals surface area contributed by atoms with Crippen molar-refractivity contribution in [3.8, 4) is 0 Å². The Balaban J connectivity index is 1.76. The minimum atomic E-state index is 0.361. The molecule has 116 valence electrons. The van der Waals surface area contributed by atoms with Crippen molar-refractivity contribution in [3.05, 3.63) is 0 Å². The van der Waals surface area contributed by atoms with E-state index in [-0.39, 0.29) is 0 Å². The Morgan fingerprint density at radius 1 is 1.20 bits per heavy atom. The Kier molecular flexibility index (Phi) is 5.85. The number of nitrogens with one attached hydrogen (secondary N) is 1. The van der Waals surface area contributed by atoms with Gasteiger partial charge in [0.05, 0.1) is 0 Å². The van der Waals surface area contributed by atoms with Crippen molar-refractivity contribution in [2.45, 2.75) is 58.0 Å². The molecule has 0 aromatic carbocycles. The van der Waals surface area contributed by atoms with Gasteiger partial charge in [-0.15, -0.1) is 0 Å². The fraction of sp³-hybridized carbons (Fsp3) is 0.938. The van der Waals surface area contributed by atoms with E-state index in [1.807, 2.05) is 11.9 Å². The third kappa shape index (κ3) is 4.19. The number of carbonyl (C=O) groups excluding carboxylic acids is 1. The van der Waals surface area contributed by atoms with Crippen LogP contribution in [0.15, 0.2) is 0 Å². The zero-order chi connectivity index (χ0) is 14.5. The molecule has 2 heterocycles. The number of carbonyl (C=O) groups is 1. The van der Waals surface area contributed by atoms with Crippen molar-refractivity contribution in [1.82, 2.24) is 15.1 Å². The average molecular weight is 281 g/mol. The zero-order valence-corrected chi connectivity index (χ0v) is 13.4. The molecule has 4 nitrogen and oxygen atoms in total. The van der Waals surface area contributed by atoms with Gasteiger partial charge < -0.3 is 15.1 Å². The first-order valence-electron chi connectivity index (χ1n) is 8.28. The number of nitrogens with zero attached hydrogens (tertiary/aromatic N) is 2. The van der Waals surface area contributed by atoms with E-state index in [4.69, 9.17) is 0 Å². The lowest BCUT2D eigenvalue weighted by atomic mass is 9.93. The summed E-state index contributed by atoms with van der Waals surface area (Å²) < 4.78 is 0. The maximum absolute atomic E-state index is 12.4. The van der Waals surface area contributed by atoms with Crippen LogP contribution in [0.25, 0.3) is 0 Å². The largest absolute Gasteiger partial charge is 0.343 e. The molecule has 2 rings (SSSR count). The van der Waals surface area contributed by atoms with Gasteiger partial charge in [0.25, 0.3) is 0 Å². The maximum atomic E-state index is 12.4. The van der Waals surface area contributed by atoms with Crippen molar-refractivity contribution in [3.63, 3.8) is 0 Å². The molecule has 0 atom stereocenters. The first kappa shape index (κ1) is 15.8. The highest BCUT2D eigenvalue weighted by molar-refractivity contribution is 5.76. The van der Waals surface area contributed by atoms with Crippen LogP contribution in [0, 0.1) is 5.92 Å². The van der Waals surface area contributed by atoms with Gasteiger partial charge in [-0.1, -0.05) is 0 Å². The van der Waals surface area contributed by atoms with Crippen LogP contribution in [0.3, 0.4) is 0 Å². The smallest absolute Gasteiger partial charge is 0.222 e. The summed E-state index contributed by atoms with van der Waals surface area (Å²) in [6.45, 7) is 8.93. The van der Waals surface area contributed by atoms with Crippen LogP contribution < -0.4 is 5.32 Å². The Labute approximate surface area is 123 Å². The number of hydrogen-bond donors (Lipinski definition) is 1. The zero-order valence-electron chi connectivity index (χ0n) is 13.4. The second-order valence-electron chi connectivity index (χ2n) is 6.76. The van der Waals surface area contributed by atoms with E-state index >= 15 is 0 Å². The Morgan fingerprint density at radius 3 is 2.35 bits per heavy atom. The fourth-order valence-corrected chi connectivity index (χ4v) is 3.47. The Bertz CT molecular complexity index is 305. The van der Waals surface area contributed by atoms with Crippen LogP contribution in [-0.4, -0.2) is 61.0 Å². The van der Waals surface area contributed by atoms with Gasteiger partial charge in [-0.05, 0) is 58.5 Å². The molecule has 0 aromatic heterocycles. The second-order valence-corrected chi connectivity index (χ2v) is 6.76. The number of hydrogen-bond acceptors (Lipinski definition) is 3. The fourth-order valence-electron chi connectivity index (χ4n) is 3.47. The average Bonchev–Trinajstić information content (AvgIpc) is 2.47. The Morgan fingerprint density at radius 2 is 1.80 bits per heavy atom. The molecule has 4 heteroatoms. The molecule has 1 N–H and O–H groups in total. The molecule has 0 radical (unpaired) electrons. The highest BCUT2D eigenvalue weighted by Gasteiger charge is 2.27. The minimum Gasteiger partial charge on any atom is -0.343 e. The predicted molar refractivity (Wildman–Crippen MR) is 82.7 cm³/mol. The lowest BCUT2D eigenvalue weighted by Gasteiger charge is -2.39. The maximum Gasteiger partial charge on any atom is 0.222 e. The van der Waals surface area contributed by atoms with Gasteiger partial charge in [0.1, 0.15) is 0 Å². The Hall–Kier alpha value is -0.610. The van der Waals surface area contributed by atoms with Gasteiger partial charge in [-0.25, -0.2) is 0 Å². The van der Waals surface area contributed by atoms with Gasteiger partial charge >= 0.3 is 0 Å². The van der Waals surface area contributed by atoms with Crippen LogP contribution >= 0.6 is 0 Å². The molecule has 0 aliphatic carbocycles. The molecule has 0 unspecified atom stereocenters. The highest BCUT2D eigenvalue weighted by atomic mass is 16.2. The SMILES string of the molecule is CC(C)N1CCC(N(C)C(=O)CC2CCNCC2)CC1. The van der Waals surface area contributed by atoms with Crippen LogP contribution in [0.4, 0.5) is 0 Å². The van der Waals surface area contributed by atoms with Crippen LogP contribution in [0.5, 0.6) is 0 Å². The third-order valence-corrected chi connectivity index (χ3v) is 5.09. The van der Waals surface area contributed by atoms with Crippen LogP contribution in [0.2, 0.25) is 0 Å².